The second-order valence-corrected chi connectivity index (χ2v) is 5.99. The predicted molar refractivity (Wildman–Crippen MR) is 82.7 cm³/mol. The molecule has 2 aromatic rings. The van der Waals surface area contributed by atoms with Gasteiger partial charge in [0.1, 0.15) is 11.3 Å². The summed E-state index contributed by atoms with van der Waals surface area (Å²) in [5.74, 6) is 0.994. The minimum absolute atomic E-state index is 0.0541. The van der Waals surface area contributed by atoms with Crippen molar-refractivity contribution in [3.63, 3.8) is 0 Å². The van der Waals surface area contributed by atoms with Gasteiger partial charge in [0.05, 0.1) is 6.54 Å². The van der Waals surface area contributed by atoms with Gasteiger partial charge in [0, 0.05) is 22.9 Å². The molecular formula is C17H22N2O2. The smallest absolute Gasteiger partial charge is 0.223 e. The van der Waals surface area contributed by atoms with E-state index in [0.717, 1.165) is 48.0 Å². The van der Waals surface area contributed by atoms with Crippen molar-refractivity contribution >= 4 is 16.9 Å². The van der Waals surface area contributed by atoms with Gasteiger partial charge in [0.25, 0.3) is 0 Å². The minimum atomic E-state index is 0.0541. The normalized spacial score (nSPS) is 22.4. The highest BCUT2D eigenvalue weighted by Gasteiger charge is 2.25. The number of hydrogen-bond acceptors (Lipinski definition) is 3. The fourth-order valence-corrected chi connectivity index (χ4v) is 3.17. The summed E-state index contributed by atoms with van der Waals surface area (Å²) >= 11 is 0. The number of aryl methyl sites for hydroxylation is 1. The zero-order chi connectivity index (χ0) is 14.8. The molecule has 0 bridgehead atoms. The maximum atomic E-state index is 12.2. The quantitative estimate of drug-likeness (QED) is 0.911. The molecule has 0 radical (unpaired) electrons. The third-order valence-corrected chi connectivity index (χ3v) is 4.45. The van der Waals surface area contributed by atoms with Crippen molar-refractivity contribution in [3.8, 4) is 0 Å². The highest BCUT2D eigenvalue weighted by atomic mass is 16.3. The zero-order valence-electron chi connectivity index (χ0n) is 12.4. The van der Waals surface area contributed by atoms with Crippen LogP contribution in [0.15, 0.2) is 28.7 Å². The highest BCUT2D eigenvalue weighted by molar-refractivity contribution is 5.82. The van der Waals surface area contributed by atoms with Crippen molar-refractivity contribution in [3.05, 3.63) is 35.6 Å². The number of fused-ring (bicyclic) bond motifs is 1. The fraction of sp³-hybridized carbons (Fsp3) is 0.471. The number of nitrogens with one attached hydrogen (secondary N) is 1. The number of para-hydroxylation sites is 1. The summed E-state index contributed by atoms with van der Waals surface area (Å²) in [4.78, 5) is 12.2. The summed E-state index contributed by atoms with van der Waals surface area (Å²) in [6, 6.07) is 8.11. The molecular weight excluding hydrogens is 264 g/mol. The molecule has 1 amide bonds. The molecule has 1 aliphatic carbocycles. The van der Waals surface area contributed by atoms with Crippen LogP contribution in [0.25, 0.3) is 11.0 Å². The van der Waals surface area contributed by atoms with Gasteiger partial charge in [-0.05, 0) is 32.3 Å². The summed E-state index contributed by atoms with van der Waals surface area (Å²) < 4.78 is 5.82. The van der Waals surface area contributed by atoms with E-state index in [1.165, 1.54) is 0 Å². The number of rotatable bonds is 3. The molecule has 4 nitrogen and oxygen atoms in total. The first-order valence-electron chi connectivity index (χ1n) is 7.65. The number of carbonyl (C=O) groups excluding carboxylic acids is 1. The van der Waals surface area contributed by atoms with Gasteiger partial charge in [-0.1, -0.05) is 24.6 Å². The summed E-state index contributed by atoms with van der Waals surface area (Å²) in [5.41, 5.74) is 7.92. The molecule has 0 aliphatic heterocycles. The van der Waals surface area contributed by atoms with Crippen LogP contribution in [-0.4, -0.2) is 11.9 Å². The molecule has 1 saturated carbocycles. The lowest BCUT2D eigenvalue weighted by Gasteiger charge is -2.25. The second kappa shape index (κ2) is 5.90. The largest absolute Gasteiger partial charge is 0.459 e. The Morgan fingerprint density at radius 3 is 2.95 bits per heavy atom. The van der Waals surface area contributed by atoms with Crippen molar-refractivity contribution in [2.75, 3.05) is 0 Å². The Morgan fingerprint density at radius 2 is 2.19 bits per heavy atom. The third-order valence-electron chi connectivity index (χ3n) is 4.45. The van der Waals surface area contributed by atoms with Crippen molar-refractivity contribution in [2.24, 2.45) is 11.7 Å². The molecule has 4 heteroatoms. The van der Waals surface area contributed by atoms with E-state index in [9.17, 15) is 4.79 Å². The molecule has 0 saturated heterocycles. The molecule has 0 spiro atoms. The highest BCUT2D eigenvalue weighted by Crippen LogP contribution is 2.26. The van der Waals surface area contributed by atoms with Crippen LogP contribution in [-0.2, 0) is 11.3 Å². The Morgan fingerprint density at radius 1 is 1.38 bits per heavy atom. The van der Waals surface area contributed by atoms with E-state index in [0.29, 0.717) is 6.54 Å². The maximum Gasteiger partial charge on any atom is 0.223 e. The minimum Gasteiger partial charge on any atom is -0.459 e. The standard InChI is InChI=1S/C17H22N2O2/c1-11-14-7-2-3-8-15(14)21-16(11)10-19-17(20)12-5-4-6-13(18)9-12/h2-3,7-8,12-13H,4-6,9-10,18H2,1H3,(H,19,20). The molecule has 1 aliphatic rings. The number of nitrogens with two attached hydrogens (primary N) is 1. The SMILES string of the molecule is Cc1c(CNC(=O)C2CCCC(N)C2)oc2ccccc12. The second-order valence-electron chi connectivity index (χ2n) is 5.99. The van der Waals surface area contributed by atoms with Crippen LogP contribution >= 0.6 is 0 Å². The molecule has 21 heavy (non-hydrogen) atoms. The van der Waals surface area contributed by atoms with E-state index in [2.05, 4.69) is 5.32 Å². The van der Waals surface area contributed by atoms with Crippen molar-refractivity contribution in [1.82, 2.24) is 5.32 Å². The van der Waals surface area contributed by atoms with Crippen LogP contribution in [0.4, 0.5) is 0 Å². The van der Waals surface area contributed by atoms with E-state index >= 15 is 0 Å². The van der Waals surface area contributed by atoms with Gasteiger partial charge < -0.3 is 15.5 Å². The van der Waals surface area contributed by atoms with Gasteiger partial charge in [-0.15, -0.1) is 0 Å². The van der Waals surface area contributed by atoms with E-state index < -0.39 is 0 Å². The lowest BCUT2D eigenvalue weighted by Crippen LogP contribution is -2.37. The van der Waals surface area contributed by atoms with Gasteiger partial charge in [0.2, 0.25) is 5.91 Å². The number of carbonyl (C=O) groups is 1. The summed E-state index contributed by atoms with van der Waals surface area (Å²) in [6.07, 6.45) is 3.82. The average molecular weight is 286 g/mol. The number of furan rings is 1. The molecule has 2 unspecified atom stereocenters. The Labute approximate surface area is 124 Å². The summed E-state index contributed by atoms with van der Waals surface area (Å²) in [5, 5.41) is 4.12. The van der Waals surface area contributed by atoms with Gasteiger partial charge in [0.15, 0.2) is 0 Å². The Balaban J connectivity index is 1.66. The number of amides is 1. The Hall–Kier alpha value is -1.81. The van der Waals surface area contributed by atoms with Crippen molar-refractivity contribution in [1.29, 1.82) is 0 Å². The van der Waals surface area contributed by atoms with Crippen molar-refractivity contribution < 1.29 is 9.21 Å². The first-order valence-corrected chi connectivity index (χ1v) is 7.65. The molecule has 1 heterocycles. The van der Waals surface area contributed by atoms with E-state index in [-0.39, 0.29) is 17.9 Å². The molecule has 3 rings (SSSR count). The topological polar surface area (TPSA) is 68.3 Å². The van der Waals surface area contributed by atoms with Crippen LogP contribution in [0.1, 0.15) is 37.0 Å². The molecule has 1 aromatic carbocycles. The zero-order valence-corrected chi connectivity index (χ0v) is 12.4. The fourth-order valence-electron chi connectivity index (χ4n) is 3.17. The van der Waals surface area contributed by atoms with Crippen molar-refractivity contribution in [2.45, 2.75) is 45.2 Å². The molecule has 2 atom stereocenters. The first-order chi connectivity index (χ1) is 10.1. The van der Waals surface area contributed by atoms with Gasteiger partial charge in [-0.3, -0.25) is 4.79 Å². The van der Waals surface area contributed by atoms with Gasteiger partial charge in [-0.25, -0.2) is 0 Å². The van der Waals surface area contributed by atoms with Gasteiger partial charge in [-0.2, -0.15) is 0 Å². The molecule has 3 N–H and O–H groups in total. The van der Waals surface area contributed by atoms with E-state index in [1.54, 1.807) is 0 Å². The first kappa shape index (κ1) is 14.1. The maximum absolute atomic E-state index is 12.2. The molecule has 112 valence electrons. The third kappa shape index (κ3) is 2.95. The van der Waals surface area contributed by atoms with Gasteiger partial charge >= 0.3 is 0 Å². The summed E-state index contributed by atoms with van der Waals surface area (Å²) in [7, 11) is 0. The van der Waals surface area contributed by atoms with Crippen LogP contribution in [0.3, 0.4) is 0 Å². The lowest BCUT2D eigenvalue weighted by molar-refractivity contribution is -0.126. The lowest BCUT2D eigenvalue weighted by atomic mass is 9.85. The van der Waals surface area contributed by atoms with Crippen LogP contribution in [0.5, 0.6) is 0 Å². The summed E-state index contributed by atoms with van der Waals surface area (Å²) in [6.45, 7) is 2.48. The van der Waals surface area contributed by atoms with E-state index in [1.807, 2.05) is 31.2 Å². The van der Waals surface area contributed by atoms with Crippen LogP contribution in [0, 0.1) is 12.8 Å². The monoisotopic (exact) mass is 286 g/mol. The molecule has 1 fully saturated rings. The number of benzene rings is 1. The number of hydrogen-bond donors (Lipinski definition) is 2. The Bertz CT molecular complexity index is 647. The predicted octanol–water partition coefficient (Wildman–Crippen LogP) is 2.87. The van der Waals surface area contributed by atoms with Crippen LogP contribution in [0.2, 0.25) is 0 Å². The molecule has 1 aromatic heterocycles. The Kier molecular flexibility index (Phi) is 3.97. The average Bonchev–Trinajstić information content (AvgIpc) is 2.82. The van der Waals surface area contributed by atoms with Crippen LogP contribution < -0.4 is 11.1 Å². The van der Waals surface area contributed by atoms with E-state index in [4.69, 9.17) is 10.2 Å².